The largest absolute Gasteiger partial charge is 0.378 e. The number of morpholine rings is 1. The molecule has 2 heterocycles. The predicted octanol–water partition coefficient (Wildman–Crippen LogP) is 3.94. The van der Waals surface area contributed by atoms with Gasteiger partial charge < -0.3 is 19.9 Å². The summed E-state index contributed by atoms with van der Waals surface area (Å²) < 4.78 is 5.38. The van der Waals surface area contributed by atoms with Crippen LogP contribution in [0.25, 0.3) is 0 Å². The summed E-state index contributed by atoms with van der Waals surface area (Å²) in [6.07, 6.45) is 2.29. The van der Waals surface area contributed by atoms with E-state index < -0.39 is 10.8 Å². The molecule has 0 saturated carbocycles. The maximum absolute atomic E-state index is 13.1. The van der Waals surface area contributed by atoms with Crippen molar-refractivity contribution in [3.05, 3.63) is 57.1 Å². The first-order chi connectivity index (χ1) is 14.5. The van der Waals surface area contributed by atoms with Crippen molar-refractivity contribution in [3.8, 4) is 0 Å². The molecule has 1 N–H and O–H groups in total. The Balaban J connectivity index is 1.59. The van der Waals surface area contributed by atoms with E-state index in [9.17, 15) is 14.9 Å². The minimum atomic E-state index is -0.498. The summed E-state index contributed by atoms with van der Waals surface area (Å²) in [5.74, 6) is -0.412. The molecule has 2 aliphatic heterocycles. The van der Waals surface area contributed by atoms with Crippen molar-refractivity contribution in [2.75, 3.05) is 54.5 Å². The molecular weight excluding hydrogens is 408 g/mol. The van der Waals surface area contributed by atoms with E-state index in [2.05, 4.69) is 10.2 Å². The SMILES string of the molecule is O=C(Nc1ccc(N2CCCC2)c(Cl)c1)c1cc([N+](=O)[O-])ccc1N1CCOCC1. The molecule has 0 atom stereocenters. The van der Waals surface area contributed by atoms with Crippen LogP contribution in [0.1, 0.15) is 23.2 Å². The normalized spacial score (nSPS) is 16.6. The van der Waals surface area contributed by atoms with E-state index >= 15 is 0 Å². The molecule has 0 aliphatic carbocycles. The number of nitrogens with one attached hydrogen (secondary N) is 1. The summed E-state index contributed by atoms with van der Waals surface area (Å²) in [5, 5.41) is 14.7. The van der Waals surface area contributed by atoms with Gasteiger partial charge in [0.2, 0.25) is 0 Å². The highest BCUT2D eigenvalue weighted by atomic mass is 35.5. The van der Waals surface area contributed by atoms with Gasteiger partial charge in [0.05, 0.1) is 40.1 Å². The molecule has 0 unspecified atom stereocenters. The third-order valence-electron chi connectivity index (χ3n) is 5.44. The third-order valence-corrected chi connectivity index (χ3v) is 5.74. The predicted molar refractivity (Wildman–Crippen MR) is 117 cm³/mol. The molecule has 2 aromatic rings. The van der Waals surface area contributed by atoms with Crippen LogP contribution in [0.5, 0.6) is 0 Å². The lowest BCUT2D eigenvalue weighted by Crippen LogP contribution is -2.37. The first-order valence-corrected chi connectivity index (χ1v) is 10.4. The van der Waals surface area contributed by atoms with Gasteiger partial charge in [0.1, 0.15) is 0 Å². The Labute approximate surface area is 179 Å². The molecule has 4 rings (SSSR count). The van der Waals surface area contributed by atoms with Gasteiger partial charge in [0, 0.05) is 44.0 Å². The van der Waals surface area contributed by atoms with E-state index in [1.54, 1.807) is 12.1 Å². The van der Waals surface area contributed by atoms with Gasteiger partial charge in [-0.15, -0.1) is 0 Å². The van der Waals surface area contributed by atoms with E-state index in [4.69, 9.17) is 16.3 Å². The van der Waals surface area contributed by atoms with Gasteiger partial charge in [0.15, 0.2) is 0 Å². The number of benzene rings is 2. The van der Waals surface area contributed by atoms with Crippen molar-refractivity contribution in [1.82, 2.24) is 0 Å². The average Bonchev–Trinajstić information content (AvgIpc) is 3.28. The second-order valence-electron chi connectivity index (χ2n) is 7.37. The third kappa shape index (κ3) is 4.34. The zero-order valence-corrected chi connectivity index (χ0v) is 17.2. The van der Waals surface area contributed by atoms with Gasteiger partial charge in [-0.1, -0.05) is 11.6 Å². The standard InChI is InChI=1S/C21H23ClN4O4/c22-18-13-15(3-5-20(18)24-7-1-2-8-24)23-21(27)17-14-16(26(28)29)4-6-19(17)25-9-11-30-12-10-25/h3-6,13-14H,1-2,7-12H2,(H,23,27). The van der Waals surface area contributed by atoms with Gasteiger partial charge in [-0.05, 0) is 37.1 Å². The van der Waals surface area contributed by atoms with Gasteiger partial charge >= 0.3 is 0 Å². The Bertz CT molecular complexity index is 956. The molecule has 0 bridgehead atoms. The molecule has 2 saturated heterocycles. The van der Waals surface area contributed by atoms with E-state index in [0.29, 0.717) is 42.7 Å². The van der Waals surface area contributed by atoms with Crippen LogP contribution in [0.15, 0.2) is 36.4 Å². The summed E-state index contributed by atoms with van der Waals surface area (Å²) in [6, 6.07) is 9.80. The molecule has 2 aliphatic rings. The lowest BCUT2D eigenvalue weighted by atomic mass is 10.1. The molecule has 8 nitrogen and oxygen atoms in total. The lowest BCUT2D eigenvalue weighted by Gasteiger charge is -2.30. The van der Waals surface area contributed by atoms with Gasteiger partial charge in [0.25, 0.3) is 11.6 Å². The van der Waals surface area contributed by atoms with E-state index in [-0.39, 0.29) is 11.3 Å². The quantitative estimate of drug-likeness (QED) is 0.571. The van der Waals surface area contributed by atoms with Crippen molar-refractivity contribution in [3.63, 3.8) is 0 Å². The first-order valence-electron chi connectivity index (χ1n) is 10.00. The van der Waals surface area contributed by atoms with Crippen molar-refractivity contribution in [1.29, 1.82) is 0 Å². The van der Waals surface area contributed by atoms with E-state index in [1.165, 1.54) is 12.1 Å². The number of hydrogen-bond acceptors (Lipinski definition) is 6. The van der Waals surface area contributed by atoms with Crippen LogP contribution >= 0.6 is 11.6 Å². The number of carbonyl (C=O) groups excluding carboxylic acids is 1. The number of halogens is 1. The highest BCUT2D eigenvalue weighted by Gasteiger charge is 2.23. The Morgan fingerprint density at radius 2 is 1.67 bits per heavy atom. The molecule has 1 amide bonds. The number of amides is 1. The Hall–Kier alpha value is -2.84. The van der Waals surface area contributed by atoms with Crippen LogP contribution in [0.4, 0.5) is 22.7 Å². The van der Waals surface area contributed by atoms with Crippen molar-refractivity contribution < 1.29 is 14.5 Å². The number of nitro benzene ring substituents is 1. The van der Waals surface area contributed by atoms with Gasteiger partial charge in [-0.25, -0.2) is 0 Å². The molecule has 2 aromatic carbocycles. The summed E-state index contributed by atoms with van der Waals surface area (Å²) in [4.78, 5) is 28.0. The number of carbonyl (C=O) groups is 1. The molecule has 0 spiro atoms. The fraction of sp³-hybridized carbons (Fsp3) is 0.381. The number of nitro groups is 1. The van der Waals surface area contributed by atoms with Crippen LogP contribution in [0.2, 0.25) is 5.02 Å². The van der Waals surface area contributed by atoms with Crippen LogP contribution in [-0.4, -0.2) is 50.2 Å². The zero-order chi connectivity index (χ0) is 21.1. The number of anilines is 3. The lowest BCUT2D eigenvalue weighted by molar-refractivity contribution is -0.384. The summed E-state index contributed by atoms with van der Waals surface area (Å²) in [5.41, 5.74) is 2.29. The van der Waals surface area contributed by atoms with Crippen LogP contribution < -0.4 is 15.1 Å². The van der Waals surface area contributed by atoms with Crippen molar-refractivity contribution in [2.45, 2.75) is 12.8 Å². The second kappa shape index (κ2) is 8.89. The summed E-state index contributed by atoms with van der Waals surface area (Å²) in [7, 11) is 0. The molecule has 0 aromatic heterocycles. The minimum Gasteiger partial charge on any atom is -0.378 e. The molecule has 2 fully saturated rings. The van der Waals surface area contributed by atoms with Crippen molar-refractivity contribution >= 4 is 40.3 Å². The first kappa shape index (κ1) is 20.4. The van der Waals surface area contributed by atoms with Crippen LogP contribution in [-0.2, 0) is 4.74 Å². The number of non-ortho nitro benzene ring substituents is 1. The number of hydrogen-bond donors (Lipinski definition) is 1. The topological polar surface area (TPSA) is 88.0 Å². The monoisotopic (exact) mass is 430 g/mol. The fourth-order valence-corrected chi connectivity index (χ4v) is 4.20. The molecule has 30 heavy (non-hydrogen) atoms. The molecular formula is C21H23ClN4O4. The van der Waals surface area contributed by atoms with Crippen molar-refractivity contribution in [2.24, 2.45) is 0 Å². The maximum Gasteiger partial charge on any atom is 0.270 e. The number of rotatable bonds is 5. The highest BCUT2D eigenvalue weighted by molar-refractivity contribution is 6.33. The summed E-state index contributed by atoms with van der Waals surface area (Å²) in [6.45, 7) is 4.28. The highest BCUT2D eigenvalue weighted by Crippen LogP contribution is 2.32. The number of nitrogens with zero attached hydrogens (tertiary/aromatic N) is 3. The van der Waals surface area contributed by atoms with Gasteiger partial charge in [-0.2, -0.15) is 0 Å². The van der Waals surface area contributed by atoms with E-state index in [0.717, 1.165) is 31.6 Å². The smallest absolute Gasteiger partial charge is 0.270 e. The Morgan fingerprint density at radius 3 is 2.33 bits per heavy atom. The van der Waals surface area contributed by atoms with Crippen LogP contribution in [0, 0.1) is 10.1 Å². The van der Waals surface area contributed by atoms with Crippen LogP contribution in [0.3, 0.4) is 0 Å². The van der Waals surface area contributed by atoms with Gasteiger partial charge in [-0.3, -0.25) is 14.9 Å². The zero-order valence-electron chi connectivity index (χ0n) is 16.5. The second-order valence-corrected chi connectivity index (χ2v) is 7.78. The minimum absolute atomic E-state index is 0.125. The summed E-state index contributed by atoms with van der Waals surface area (Å²) >= 11 is 6.45. The maximum atomic E-state index is 13.1. The molecule has 158 valence electrons. The van der Waals surface area contributed by atoms with E-state index in [1.807, 2.05) is 17.0 Å². The Kier molecular flexibility index (Phi) is 6.06. The molecule has 9 heteroatoms. The number of ether oxygens (including phenoxy) is 1. The average molecular weight is 431 g/mol. The molecule has 0 radical (unpaired) electrons. The Morgan fingerprint density at radius 1 is 1.00 bits per heavy atom. The fourth-order valence-electron chi connectivity index (χ4n) is 3.90.